The number of aryl methyl sites for hydroxylation is 1. The van der Waals surface area contributed by atoms with E-state index in [2.05, 4.69) is 5.32 Å². The van der Waals surface area contributed by atoms with Crippen LogP contribution in [0.1, 0.15) is 11.1 Å². The summed E-state index contributed by atoms with van der Waals surface area (Å²) in [5.41, 5.74) is 2.00. The fourth-order valence-electron chi connectivity index (χ4n) is 2.38. The maximum atomic E-state index is 11.9. The van der Waals surface area contributed by atoms with E-state index in [9.17, 15) is 19.5 Å². The fourth-order valence-corrected chi connectivity index (χ4v) is 3.28. The van der Waals surface area contributed by atoms with Gasteiger partial charge in [0.05, 0.1) is 17.5 Å². The Labute approximate surface area is 139 Å². The average molecular weight is 336 g/mol. The molecule has 1 unspecified atom stereocenters. The molecule has 1 heterocycles. The molecular weight excluding hydrogens is 316 g/mol. The van der Waals surface area contributed by atoms with Crippen molar-refractivity contribution >= 4 is 29.5 Å². The van der Waals surface area contributed by atoms with Gasteiger partial charge in [-0.3, -0.25) is 14.4 Å². The largest absolute Gasteiger partial charge is 0.481 e. The highest BCUT2D eigenvalue weighted by atomic mass is 32.2. The molecule has 2 N–H and O–H groups in total. The molecule has 1 aliphatic rings. The first-order chi connectivity index (χ1) is 11.0. The first-order valence-electron chi connectivity index (χ1n) is 7.36. The SMILES string of the molecule is Cc1cccc(CC(CNC(=O)CN2CSCC2=O)C(=O)O)c1. The van der Waals surface area contributed by atoms with Gasteiger partial charge in [0.1, 0.15) is 6.54 Å². The third-order valence-electron chi connectivity index (χ3n) is 3.62. The molecule has 2 rings (SSSR count). The minimum absolute atomic E-state index is 0.0113. The molecule has 1 atom stereocenters. The normalized spacial score (nSPS) is 15.5. The summed E-state index contributed by atoms with van der Waals surface area (Å²) in [6.07, 6.45) is 0.357. The Kier molecular flexibility index (Phi) is 6.04. The van der Waals surface area contributed by atoms with Gasteiger partial charge in [-0.1, -0.05) is 29.8 Å². The number of carboxylic acid groups (broad SMARTS) is 1. The van der Waals surface area contributed by atoms with E-state index in [0.29, 0.717) is 18.1 Å². The molecule has 6 nitrogen and oxygen atoms in total. The van der Waals surface area contributed by atoms with Gasteiger partial charge in [-0.25, -0.2) is 0 Å². The number of amides is 2. The highest BCUT2D eigenvalue weighted by Crippen LogP contribution is 2.14. The zero-order valence-corrected chi connectivity index (χ0v) is 13.8. The van der Waals surface area contributed by atoms with Crippen LogP contribution in [0.15, 0.2) is 24.3 Å². The number of carbonyl (C=O) groups excluding carboxylic acids is 2. The van der Waals surface area contributed by atoms with Gasteiger partial charge in [0.15, 0.2) is 0 Å². The second-order valence-corrected chi connectivity index (χ2v) is 6.56. The van der Waals surface area contributed by atoms with Crippen LogP contribution in [0.25, 0.3) is 0 Å². The first kappa shape index (κ1) is 17.3. The number of rotatable bonds is 7. The summed E-state index contributed by atoms with van der Waals surface area (Å²) in [6, 6.07) is 7.66. The third kappa shape index (κ3) is 5.28. The molecule has 0 bridgehead atoms. The molecule has 0 spiro atoms. The summed E-state index contributed by atoms with van der Waals surface area (Å²) < 4.78 is 0. The molecule has 0 aromatic heterocycles. The van der Waals surface area contributed by atoms with Crippen LogP contribution in [0.3, 0.4) is 0 Å². The number of carboxylic acids is 1. The summed E-state index contributed by atoms with van der Waals surface area (Å²) in [4.78, 5) is 36.2. The van der Waals surface area contributed by atoms with Crippen LogP contribution < -0.4 is 5.32 Å². The van der Waals surface area contributed by atoms with Crippen molar-refractivity contribution in [1.82, 2.24) is 10.2 Å². The Morgan fingerprint density at radius 1 is 1.43 bits per heavy atom. The van der Waals surface area contributed by atoms with Crippen LogP contribution in [0.5, 0.6) is 0 Å². The fraction of sp³-hybridized carbons (Fsp3) is 0.438. The predicted molar refractivity (Wildman–Crippen MR) is 88.1 cm³/mol. The van der Waals surface area contributed by atoms with Crippen LogP contribution in [0.2, 0.25) is 0 Å². The highest BCUT2D eigenvalue weighted by Gasteiger charge is 2.24. The van der Waals surface area contributed by atoms with Crippen molar-refractivity contribution in [2.45, 2.75) is 13.3 Å². The Morgan fingerprint density at radius 2 is 2.22 bits per heavy atom. The van der Waals surface area contributed by atoms with Crippen molar-refractivity contribution in [1.29, 1.82) is 0 Å². The second-order valence-electron chi connectivity index (χ2n) is 5.60. The topological polar surface area (TPSA) is 86.7 Å². The van der Waals surface area contributed by atoms with Crippen molar-refractivity contribution in [2.75, 3.05) is 24.7 Å². The number of thioether (sulfide) groups is 1. The van der Waals surface area contributed by atoms with Gasteiger partial charge in [0.2, 0.25) is 11.8 Å². The minimum atomic E-state index is -0.945. The number of aliphatic carboxylic acids is 1. The van der Waals surface area contributed by atoms with E-state index in [1.54, 1.807) is 0 Å². The molecule has 2 amide bonds. The lowest BCUT2D eigenvalue weighted by Gasteiger charge is -2.17. The minimum Gasteiger partial charge on any atom is -0.481 e. The van der Waals surface area contributed by atoms with Crippen molar-refractivity contribution in [3.05, 3.63) is 35.4 Å². The zero-order valence-electron chi connectivity index (χ0n) is 12.9. The molecule has 7 heteroatoms. The lowest BCUT2D eigenvalue weighted by molar-refractivity contribution is -0.142. The smallest absolute Gasteiger partial charge is 0.308 e. The van der Waals surface area contributed by atoms with E-state index in [-0.39, 0.29) is 24.9 Å². The van der Waals surface area contributed by atoms with Crippen molar-refractivity contribution in [3.8, 4) is 0 Å². The van der Waals surface area contributed by atoms with E-state index in [0.717, 1.165) is 11.1 Å². The maximum Gasteiger partial charge on any atom is 0.308 e. The molecule has 1 fully saturated rings. The molecule has 0 radical (unpaired) electrons. The second kappa shape index (κ2) is 8.01. The lowest BCUT2D eigenvalue weighted by Crippen LogP contribution is -2.41. The number of nitrogens with zero attached hydrogens (tertiary/aromatic N) is 1. The quantitative estimate of drug-likeness (QED) is 0.772. The molecule has 23 heavy (non-hydrogen) atoms. The van der Waals surface area contributed by atoms with Crippen molar-refractivity contribution < 1.29 is 19.5 Å². The predicted octanol–water partition coefficient (Wildman–Crippen LogP) is 0.887. The molecular formula is C16H20N2O4S. The summed E-state index contributed by atoms with van der Waals surface area (Å²) >= 11 is 1.47. The molecule has 124 valence electrons. The Bertz CT molecular complexity index is 605. The van der Waals surface area contributed by atoms with Crippen LogP contribution >= 0.6 is 11.8 Å². The standard InChI is InChI=1S/C16H20N2O4S/c1-11-3-2-4-12(5-11)6-13(16(21)22)7-17-14(19)8-18-10-23-9-15(18)20/h2-5,13H,6-10H2,1H3,(H,17,19)(H,21,22). The number of hydrogen-bond acceptors (Lipinski definition) is 4. The van der Waals surface area contributed by atoms with Gasteiger partial charge in [-0.2, -0.15) is 0 Å². The van der Waals surface area contributed by atoms with E-state index >= 15 is 0 Å². The van der Waals surface area contributed by atoms with Gasteiger partial charge in [0.25, 0.3) is 0 Å². The summed E-state index contributed by atoms with van der Waals surface area (Å²) in [6.45, 7) is 1.99. The van der Waals surface area contributed by atoms with E-state index in [1.807, 2.05) is 31.2 Å². The lowest BCUT2D eigenvalue weighted by atomic mass is 9.98. The Morgan fingerprint density at radius 3 is 2.83 bits per heavy atom. The zero-order chi connectivity index (χ0) is 16.8. The number of nitrogens with one attached hydrogen (secondary N) is 1. The van der Waals surface area contributed by atoms with Gasteiger partial charge in [-0.15, -0.1) is 11.8 Å². The number of benzene rings is 1. The molecule has 0 aliphatic carbocycles. The highest BCUT2D eigenvalue weighted by molar-refractivity contribution is 8.00. The Balaban J connectivity index is 1.85. The molecule has 1 aromatic carbocycles. The van der Waals surface area contributed by atoms with Crippen LogP contribution in [-0.2, 0) is 20.8 Å². The monoisotopic (exact) mass is 336 g/mol. The Hall–Kier alpha value is -2.02. The number of carbonyl (C=O) groups is 3. The van der Waals surface area contributed by atoms with Gasteiger partial charge >= 0.3 is 5.97 Å². The summed E-state index contributed by atoms with van der Waals surface area (Å²) in [7, 11) is 0. The summed E-state index contributed by atoms with van der Waals surface area (Å²) in [5.74, 6) is -1.10. The van der Waals surface area contributed by atoms with E-state index in [4.69, 9.17) is 0 Å². The van der Waals surface area contributed by atoms with E-state index in [1.165, 1.54) is 16.7 Å². The van der Waals surface area contributed by atoms with E-state index < -0.39 is 11.9 Å². The van der Waals surface area contributed by atoms with Crippen LogP contribution in [0, 0.1) is 12.8 Å². The number of hydrogen-bond donors (Lipinski definition) is 2. The molecule has 1 aromatic rings. The first-order valence-corrected chi connectivity index (χ1v) is 8.51. The molecule has 1 saturated heterocycles. The van der Waals surface area contributed by atoms with Gasteiger partial charge in [0, 0.05) is 6.54 Å². The van der Waals surface area contributed by atoms with Crippen molar-refractivity contribution in [2.24, 2.45) is 5.92 Å². The van der Waals surface area contributed by atoms with Crippen LogP contribution in [-0.4, -0.2) is 52.5 Å². The van der Waals surface area contributed by atoms with Gasteiger partial charge < -0.3 is 15.3 Å². The van der Waals surface area contributed by atoms with Crippen LogP contribution in [0.4, 0.5) is 0 Å². The van der Waals surface area contributed by atoms with Gasteiger partial charge in [-0.05, 0) is 18.9 Å². The third-order valence-corrected chi connectivity index (χ3v) is 4.56. The average Bonchev–Trinajstić information content (AvgIpc) is 2.88. The maximum absolute atomic E-state index is 11.9. The molecule has 1 aliphatic heterocycles. The molecule has 0 saturated carbocycles. The van der Waals surface area contributed by atoms with Crippen molar-refractivity contribution in [3.63, 3.8) is 0 Å². The summed E-state index contributed by atoms with van der Waals surface area (Å²) in [5, 5.41) is 11.9.